The minimum Gasteiger partial charge on any atom is -0.330 e. The van der Waals surface area contributed by atoms with Gasteiger partial charge in [-0.15, -0.1) is 11.3 Å². The Labute approximate surface area is 99.1 Å². The fourth-order valence-corrected chi connectivity index (χ4v) is 2.32. The second-order valence-electron chi connectivity index (χ2n) is 3.79. The smallest absolute Gasteiger partial charge is 0.0973 e. The zero-order valence-corrected chi connectivity index (χ0v) is 10.4. The fraction of sp³-hybridized carbons (Fsp3) is 0.455. The Balaban J connectivity index is 2.24. The molecule has 1 unspecified atom stereocenters. The van der Waals surface area contributed by atoms with Gasteiger partial charge >= 0.3 is 0 Å². The lowest BCUT2D eigenvalue weighted by Gasteiger charge is -2.01. The van der Waals surface area contributed by atoms with Crippen molar-refractivity contribution in [3.05, 3.63) is 22.8 Å². The first-order chi connectivity index (χ1) is 7.74. The van der Waals surface area contributed by atoms with E-state index in [2.05, 4.69) is 29.3 Å². The summed E-state index contributed by atoms with van der Waals surface area (Å²) in [5, 5.41) is 7.41. The number of aromatic nitrogens is 3. The lowest BCUT2D eigenvalue weighted by atomic mass is 10.2. The number of aryl methyl sites for hydroxylation is 1. The summed E-state index contributed by atoms with van der Waals surface area (Å²) in [6.45, 7) is 5.69. The molecule has 4 nitrogen and oxygen atoms in total. The number of rotatable bonds is 4. The lowest BCUT2D eigenvalue weighted by Crippen LogP contribution is -2.08. The van der Waals surface area contributed by atoms with Crippen molar-refractivity contribution in [2.24, 2.45) is 5.73 Å². The highest BCUT2D eigenvalue weighted by molar-refractivity contribution is 7.10. The molecule has 2 aromatic heterocycles. The van der Waals surface area contributed by atoms with Crippen LogP contribution in [0.3, 0.4) is 0 Å². The van der Waals surface area contributed by atoms with Crippen LogP contribution in [0, 0.1) is 0 Å². The Morgan fingerprint density at radius 1 is 1.56 bits per heavy atom. The third-order valence-electron chi connectivity index (χ3n) is 2.55. The van der Waals surface area contributed by atoms with Gasteiger partial charge in [0.15, 0.2) is 0 Å². The third kappa shape index (κ3) is 2.15. The number of nitrogens with zero attached hydrogens (tertiary/aromatic N) is 3. The summed E-state index contributed by atoms with van der Waals surface area (Å²) in [5.41, 5.74) is 7.71. The molecule has 0 saturated heterocycles. The molecule has 0 amide bonds. The summed E-state index contributed by atoms with van der Waals surface area (Å²) >= 11 is 1.67. The van der Waals surface area contributed by atoms with Crippen LogP contribution in [0.25, 0.3) is 11.3 Å². The maximum Gasteiger partial charge on any atom is 0.0973 e. The van der Waals surface area contributed by atoms with Gasteiger partial charge in [-0.2, -0.15) is 5.10 Å². The SMILES string of the molecule is CCn1cc(-c2csc(C(C)CN)n2)cn1. The molecule has 2 aromatic rings. The Bertz CT molecular complexity index is 460. The molecule has 0 aromatic carbocycles. The van der Waals surface area contributed by atoms with Crippen LogP contribution in [0.5, 0.6) is 0 Å². The molecule has 5 heteroatoms. The summed E-state index contributed by atoms with van der Waals surface area (Å²) in [6.07, 6.45) is 3.88. The van der Waals surface area contributed by atoms with Crippen molar-refractivity contribution in [2.75, 3.05) is 6.54 Å². The van der Waals surface area contributed by atoms with Crippen molar-refractivity contribution in [1.29, 1.82) is 0 Å². The minimum atomic E-state index is 0.333. The normalized spacial score (nSPS) is 12.9. The third-order valence-corrected chi connectivity index (χ3v) is 3.63. The van der Waals surface area contributed by atoms with E-state index in [1.54, 1.807) is 11.3 Å². The van der Waals surface area contributed by atoms with E-state index in [9.17, 15) is 0 Å². The first-order valence-electron chi connectivity index (χ1n) is 5.43. The van der Waals surface area contributed by atoms with Crippen LogP contribution >= 0.6 is 11.3 Å². The van der Waals surface area contributed by atoms with E-state index in [0.717, 1.165) is 22.8 Å². The molecule has 1 atom stereocenters. The van der Waals surface area contributed by atoms with Crippen LogP contribution in [-0.4, -0.2) is 21.3 Å². The molecular weight excluding hydrogens is 220 g/mol. The van der Waals surface area contributed by atoms with Crippen molar-refractivity contribution in [3.63, 3.8) is 0 Å². The van der Waals surface area contributed by atoms with Gasteiger partial charge in [0, 0.05) is 36.1 Å². The van der Waals surface area contributed by atoms with Crippen molar-refractivity contribution >= 4 is 11.3 Å². The van der Waals surface area contributed by atoms with E-state index in [4.69, 9.17) is 5.73 Å². The Morgan fingerprint density at radius 2 is 2.38 bits per heavy atom. The van der Waals surface area contributed by atoms with E-state index < -0.39 is 0 Å². The van der Waals surface area contributed by atoms with Gasteiger partial charge in [0.2, 0.25) is 0 Å². The maximum absolute atomic E-state index is 5.63. The fourth-order valence-electron chi connectivity index (χ4n) is 1.42. The van der Waals surface area contributed by atoms with Gasteiger partial charge in [0.1, 0.15) is 0 Å². The largest absolute Gasteiger partial charge is 0.330 e. The topological polar surface area (TPSA) is 56.7 Å². The van der Waals surface area contributed by atoms with Crippen molar-refractivity contribution < 1.29 is 0 Å². The molecule has 16 heavy (non-hydrogen) atoms. The number of hydrogen-bond donors (Lipinski definition) is 1. The molecular formula is C11H16N4S. The Kier molecular flexibility index (Phi) is 3.36. The van der Waals surface area contributed by atoms with E-state index in [1.165, 1.54) is 0 Å². The standard InChI is InChI=1S/C11H16N4S/c1-3-15-6-9(5-13-15)10-7-16-11(14-10)8(2)4-12/h5-8H,3-4,12H2,1-2H3. The number of nitrogens with two attached hydrogens (primary N) is 1. The van der Waals surface area contributed by atoms with Gasteiger partial charge in [-0.05, 0) is 6.92 Å². The summed E-state index contributed by atoms with van der Waals surface area (Å²) in [4.78, 5) is 4.58. The summed E-state index contributed by atoms with van der Waals surface area (Å²) < 4.78 is 1.90. The Morgan fingerprint density at radius 3 is 3.00 bits per heavy atom. The molecule has 0 spiro atoms. The lowest BCUT2D eigenvalue weighted by molar-refractivity contribution is 0.660. The first-order valence-corrected chi connectivity index (χ1v) is 6.30. The summed E-state index contributed by atoms with van der Waals surface area (Å²) in [7, 11) is 0. The molecule has 86 valence electrons. The van der Waals surface area contributed by atoms with Crippen LogP contribution < -0.4 is 5.73 Å². The highest BCUT2D eigenvalue weighted by Gasteiger charge is 2.10. The van der Waals surface area contributed by atoms with Crippen molar-refractivity contribution in [2.45, 2.75) is 26.3 Å². The van der Waals surface area contributed by atoms with Gasteiger partial charge in [-0.1, -0.05) is 6.92 Å². The highest BCUT2D eigenvalue weighted by Crippen LogP contribution is 2.25. The average Bonchev–Trinajstić information content (AvgIpc) is 2.95. The van der Waals surface area contributed by atoms with Crippen LogP contribution in [0.2, 0.25) is 0 Å². The monoisotopic (exact) mass is 236 g/mol. The molecule has 0 saturated carbocycles. The van der Waals surface area contributed by atoms with Crippen LogP contribution in [0.15, 0.2) is 17.8 Å². The average molecular weight is 236 g/mol. The van der Waals surface area contributed by atoms with E-state index in [1.807, 2.05) is 17.1 Å². The van der Waals surface area contributed by atoms with Crippen molar-refractivity contribution in [3.8, 4) is 11.3 Å². The van der Waals surface area contributed by atoms with E-state index in [0.29, 0.717) is 12.5 Å². The van der Waals surface area contributed by atoms with Gasteiger partial charge < -0.3 is 5.73 Å². The Hall–Kier alpha value is -1.20. The second-order valence-corrected chi connectivity index (χ2v) is 4.68. The highest BCUT2D eigenvalue weighted by atomic mass is 32.1. The number of hydrogen-bond acceptors (Lipinski definition) is 4. The molecule has 2 rings (SSSR count). The minimum absolute atomic E-state index is 0.333. The molecule has 0 fully saturated rings. The molecule has 2 heterocycles. The van der Waals surface area contributed by atoms with E-state index >= 15 is 0 Å². The van der Waals surface area contributed by atoms with Crippen LogP contribution in [0.4, 0.5) is 0 Å². The van der Waals surface area contributed by atoms with E-state index in [-0.39, 0.29) is 0 Å². The van der Waals surface area contributed by atoms with Crippen LogP contribution in [-0.2, 0) is 6.54 Å². The molecule has 0 aliphatic heterocycles. The predicted molar refractivity (Wildman–Crippen MR) is 66.5 cm³/mol. The first kappa shape index (κ1) is 11.3. The maximum atomic E-state index is 5.63. The van der Waals surface area contributed by atoms with Gasteiger partial charge in [0.05, 0.1) is 16.9 Å². The molecule has 0 aliphatic carbocycles. The summed E-state index contributed by atoms with van der Waals surface area (Å²) in [6, 6.07) is 0. The zero-order chi connectivity index (χ0) is 11.5. The second kappa shape index (κ2) is 4.76. The molecule has 0 bridgehead atoms. The summed E-state index contributed by atoms with van der Waals surface area (Å²) in [5.74, 6) is 0.333. The van der Waals surface area contributed by atoms with Gasteiger partial charge in [-0.3, -0.25) is 4.68 Å². The molecule has 2 N–H and O–H groups in total. The van der Waals surface area contributed by atoms with Crippen molar-refractivity contribution in [1.82, 2.24) is 14.8 Å². The molecule has 0 aliphatic rings. The number of thiazole rings is 1. The quantitative estimate of drug-likeness (QED) is 0.884. The zero-order valence-electron chi connectivity index (χ0n) is 9.55. The van der Waals surface area contributed by atoms with Gasteiger partial charge in [0.25, 0.3) is 0 Å². The molecule has 0 radical (unpaired) electrons. The predicted octanol–water partition coefficient (Wildman–Crippen LogP) is 2.09. The van der Waals surface area contributed by atoms with Gasteiger partial charge in [-0.25, -0.2) is 4.98 Å². The van der Waals surface area contributed by atoms with Crippen LogP contribution in [0.1, 0.15) is 24.8 Å².